The highest BCUT2D eigenvalue weighted by Gasteiger charge is 2.30. The van der Waals surface area contributed by atoms with Crippen molar-refractivity contribution < 1.29 is 14.0 Å². The molecule has 9 heteroatoms. The van der Waals surface area contributed by atoms with Gasteiger partial charge in [0.15, 0.2) is 0 Å². The maximum absolute atomic E-state index is 13.8. The maximum atomic E-state index is 13.8. The van der Waals surface area contributed by atoms with E-state index in [1.54, 1.807) is 0 Å². The van der Waals surface area contributed by atoms with Crippen molar-refractivity contribution in [1.82, 2.24) is 15.1 Å². The van der Waals surface area contributed by atoms with Crippen molar-refractivity contribution in [2.75, 3.05) is 18.4 Å². The molecule has 1 aliphatic carbocycles. The van der Waals surface area contributed by atoms with Crippen LogP contribution in [0.15, 0.2) is 36.5 Å². The first-order valence-electron chi connectivity index (χ1n) is 10.4. The largest absolute Gasteiger partial charge is 0.365 e. The average molecular weight is 426 g/mol. The molecule has 4 N–H and O–H groups in total. The third-order valence-electron chi connectivity index (χ3n) is 5.46. The Kier molecular flexibility index (Phi) is 7.73. The fraction of sp³-hybridized carbons (Fsp3) is 0.455. The van der Waals surface area contributed by atoms with Gasteiger partial charge in [0.1, 0.15) is 17.6 Å². The van der Waals surface area contributed by atoms with Crippen molar-refractivity contribution in [2.45, 2.75) is 38.4 Å². The number of likely N-dealkylation sites (tertiary alicyclic amines) is 1. The SMILES string of the molecule is N#CCC1CCN(Cc2ccccc2)CC1F.NC(=O)c1cn[nH]c1NC(=O)C1CC1. The van der Waals surface area contributed by atoms with E-state index in [9.17, 15) is 14.0 Å². The molecule has 1 aromatic heterocycles. The number of H-pyrrole nitrogens is 1. The van der Waals surface area contributed by atoms with Crippen molar-refractivity contribution in [3.8, 4) is 6.07 Å². The monoisotopic (exact) mass is 426 g/mol. The van der Waals surface area contributed by atoms with Gasteiger partial charge in [-0.15, -0.1) is 0 Å². The summed E-state index contributed by atoms with van der Waals surface area (Å²) in [4.78, 5) is 24.3. The number of aromatic amines is 1. The topological polar surface area (TPSA) is 128 Å². The van der Waals surface area contributed by atoms with Gasteiger partial charge in [0, 0.05) is 31.3 Å². The van der Waals surface area contributed by atoms with E-state index in [-0.39, 0.29) is 29.1 Å². The Hall–Kier alpha value is -3.25. The minimum Gasteiger partial charge on any atom is -0.365 e. The van der Waals surface area contributed by atoms with Gasteiger partial charge in [-0.05, 0) is 31.4 Å². The van der Waals surface area contributed by atoms with Gasteiger partial charge in [-0.3, -0.25) is 19.6 Å². The van der Waals surface area contributed by atoms with Gasteiger partial charge in [-0.2, -0.15) is 10.4 Å². The third kappa shape index (κ3) is 6.62. The molecule has 1 aliphatic heterocycles. The molecule has 0 spiro atoms. The van der Waals surface area contributed by atoms with E-state index in [0.29, 0.717) is 13.0 Å². The fourth-order valence-electron chi connectivity index (χ4n) is 3.49. The third-order valence-corrected chi connectivity index (χ3v) is 5.46. The lowest BCUT2D eigenvalue weighted by molar-refractivity contribution is -0.117. The molecule has 164 valence electrons. The number of rotatable bonds is 6. The number of piperidine rings is 1. The molecule has 1 saturated heterocycles. The van der Waals surface area contributed by atoms with E-state index >= 15 is 0 Å². The summed E-state index contributed by atoms with van der Waals surface area (Å²) in [5.74, 6) is -0.387. The van der Waals surface area contributed by atoms with Gasteiger partial charge in [-0.1, -0.05) is 30.3 Å². The fourth-order valence-corrected chi connectivity index (χ4v) is 3.49. The number of aromatic nitrogens is 2. The number of primary amides is 1. The van der Waals surface area contributed by atoms with Crippen LogP contribution < -0.4 is 11.1 Å². The van der Waals surface area contributed by atoms with Gasteiger partial charge in [0.25, 0.3) is 5.91 Å². The van der Waals surface area contributed by atoms with Crippen molar-refractivity contribution in [3.05, 3.63) is 47.7 Å². The first-order valence-corrected chi connectivity index (χ1v) is 10.4. The Labute approximate surface area is 180 Å². The second-order valence-electron chi connectivity index (χ2n) is 7.93. The van der Waals surface area contributed by atoms with Crippen molar-refractivity contribution in [3.63, 3.8) is 0 Å². The van der Waals surface area contributed by atoms with Gasteiger partial charge in [0.2, 0.25) is 5.91 Å². The number of nitrogens with zero attached hydrogens (tertiary/aromatic N) is 3. The molecule has 2 aliphatic rings. The number of nitrogens with one attached hydrogen (secondary N) is 2. The summed E-state index contributed by atoms with van der Waals surface area (Å²) in [6.45, 7) is 2.16. The van der Waals surface area contributed by atoms with E-state index in [1.165, 1.54) is 11.8 Å². The number of nitrogens with two attached hydrogens (primary N) is 1. The minimum absolute atomic E-state index is 0.0629. The number of hydrogen-bond acceptors (Lipinski definition) is 5. The molecule has 2 unspecified atom stereocenters. The Balaban J connectivity index is 0.000000179. The normalized spacial score (nSPS) is 20.8. The second-order valence-corrected chi connectivity index (χ2v) is 7.93. The number of anilines is 1. The molecule has 0 bridgehead atoms. The average Bonchev–Trinajstić information content (AvgIpc) is 3.50. The number of halogens is 1. The molecule has 1 saturated carbocycles. The lowest BCUT2D eigenvalue weighted by atomic mass is 9.92. The van der Waals surface area contributed by atoms with Crippen LogP contribution in [-0.2, 0) is 11.3 Å². The van der Waals surface area contributed by atoms with Crippen LogP contribution in [0.2, 0.25) is 0 Å². The van der Waals surface area contributed by atoms with Gasteiger partial charge >= 0.3 is 0 Å². The molecule has 2 heterocycles. The van der Waals surface area contributed by atoms with Gasteiger partial charge in [-0.25, -0.2) is 4.39 Å². The number of hydrogen-bond donors (Lipinski definition) is 3. The molecule has 4 rings (SSSR count). The van der Waals surface area contributed by atoms with Crippen LogP contribution in [0.3, 0.4) is 0 Å². The predicted molar refractivity (Wildman–Crippen MR) is 113 cm³/mol. The zero-order chi connectivity index (χ0) is 22.2. The Morgan fingerprint density at radius 1 is 1.29 bits per heavy atom. The molecule has 31 heavy (non-hydrogen) atoms. The molecule has 0 radical (unpaired) electrons. The Bertz CT molecular complexity index is 922. The molecule has 2 atom stereocenters. The van der Waals surface area contributed by atoms with Crippen molar-refractivity contribution in [2.24, 2.45) is 17.6 Å². The van der Waals surface area contributed by atoms with E-state index in [1.807, 2.05) is 18.2 Å². The number of alkyl halides is 1. The van der Waals surface area contributed by atoms with Gasteiger partial charge < -0.3 is 11.1 Å². The van der Waals surface area contributed by atoms with E-state index in [4.69, 9.17) is 11.0 Å². The van der Waals surface area contributed by atoms with Crippen molar-refractivity contribution in [1.29, 1.82) is 5.26 Å². The summed E-state index contributed by atoms with van der Waals surface area (Å²) in [5.41, 5.74) is 6.50. The number of carbonyl (C=O) groups is 2. The van der Waals surface area contributed by atoms with Crippen LogP contribution in [0, 0.1) is 23.2 Å². The van der Waals surface area contributed by atoms with Crippen LogP contribution in [0.5, 0.6) is 0 Å². The van der Waals surface area contributed by atoms with Gasteiger partial charge in [0.05, 0.1) is 12.3 Å². The van der Waals surface area contributed by atoms with Crippen LogP contribution in [0.1, 0.15) is 41.6 Å². The summed E-state index contributed by atoms with van der Waals surface area (Å²) in [7, 11) is 0. The minimum atomic E-state index is -0.855. The molecule has 8 nitrogen and oxygen atoms in total. The highest BCUT2D eigenvalue weighted by molar-refractivity contribution is 6.02. The summed E-state index contributed by atoms with van der Waals surface area (Å²) in [6, 6.07) is 12.2. The molecular weight excluding hydrogens is 399 g/mol. The Morgan fingerprint density at radius 3 is 2.65 bits per heavy atom. The predicted octanol–water partition coefficient (Wildman–Crippen LogP) is 2.62. The molecule has 1 aromatic carbocycles. The molecule has 2 aromatic rings. The second kappa shape index (κ2) is 10.7. The van der Waals surface area contributed by atoms with Crippen LogP contribution in [0.25, 0.3) is 0 Å². The van der Waals surface area contributed by atoms with Crippen LogP contribution >= 0.6 is 0 Å². The highest BCUT2D eigenvalue weighted by atomic mass is 19.1. The molecule has 2 amide bonds. The Morgan fingerprint density at radius 2 is 2.03 bits per heavy atom. The lowest BCUT2D eigenvalue weighted by Gasteiger charge is -2.33. The van der Waals surface area contributed by atoms with E-state index in [0.717, 1.165) is 32.4 Å². The zero-order valence-corrected chi connectivity index (χ0v) is 17.3. The number of carbonyl (C=O) groups excluding carboxylic acids is 2. The number of nitriles is 1. The summed E-state index contributed by atoms with van der Waals surface area (Å²) in [6.07, 6.45) is 3.40. The lowest BCUT2D eigenvalue weighted by Crippen LogP contribution is -2.41. The smallest absolute Gasteiger partial charge is 0.254 e. The highest BCUT2D eigenvalue weighted by Crippen LogP contribution is 2.30. The van der Waals surface area contributed by atoms with E-state index in [2.05, 4.69) is 38.6 Å². The summed E-state index contributed by atoms with van der Waals surface area (Å²) >= 11 is 0. The first kappa shape index (κ1) is 22.4. The maximum Gasteiger partial charge on any atom is 0.254 e. The van der Waals surface area contributed by atoms with Crippen molar-refractivity contribution >= 4 is 17.6 Å². The first-order chi connectivity index (χ1) is 15.0. The van der Waals surface area contributed by atoms with E-state index < -0.39 is 12.1 Å². The molecule has 2 fully saturated rings. The van der Waals surface area contributed by atoms with Crippen LogP contribution in [0.4, 0.5) is 10.2 Å². The standard InChI is InChI=1S/C14H17FN2.C8H10N4O2/c15-14-11-17(9-7-13(14)6-8-16)10-12-4-2-1-3-5-12;9-6(13)5-3-10-12-7(5)11-8(14)4-1-2-4/h1-5,13-14H,6-7,9-11H2;3-4H,1-2H2,(H2,9,13)(H2,10,11,12,14). The van der Waals surface area contributed by atoms with Crippen LogP contribution in [-0.4, -0.2) is 46.2 Å². The number of amides is 2. The summed E-state index contributed by atoms with van der Waals surface area (Å²) in [5, 5.41) is 17.3. The number of benzene rings is 1. The molecular formula is C22H27FN6O2. The summed E-state index contributed by atoms with van der Waals surface area (Å²) < 4.78 is 13.8. The zero-order valence-electron chi connectivity index (χ0n) is 17.3. The quantitative estimate of drug-likeness (QED) is 0.654.